The summed E-state index contributed by atoms with van der Waals surface area (Å²) in [6.07, 6.45) is 3.28. The molecule has 13 heteroatoms. The minimum atomic E-state index is -0.693. The first-order valence-electron chi connectivity index (χ1n) is 11.3. The highest BCUT2D eigenvalue weighted by atomic mass is 19.1. The van der Waals surface area contributed by atoms with Crippen LogP contribution in [-0.4, -0.2) is 61.4 Å². The summed E-state index contributed by atoms with van der Waals surface area (Å²) >= 11 is 0. The fourth-order valence-corrected chi connectivity index (χ4v) is 3.82. The van der Waals surface area contributed by atoms with Crippen LogP contribution in [0.5, 0.6) is 0 Å². The zero-order valence-electron chi connectivity index (χ0n) is 19.5. The summed E-state index contributed by atoms with van der Waals surface area (Å²) < 4.78 is 14.8. The molecule has 0 unspecified atom stereocenters. The quantitative estimate of drug-likeness (QED) is 0.332. The molecule has 1 aliphatic rings. The molecule has 12 nitrogen and oxygen atoms in total. The number of nitrogens with two attached hydrogens (primary N) is 1. The molecule has 1 fully saturated rings. The topological polar surface area (TPSA) is 163 Å². The van der Waals surface area contributed by atoms with E-state index in [0.717, 1.165) is 11.3 Å². The van der Waals surface area contributed by atoms with Crippen LogP contribution in [0.3, 0.4) is 0 Å². The predicted molar refractivity (Wildman–Crippen MR) is 126 cm³/mol. The number of unbranched alkanes of at least 4 members (excludes halogenated alkanes) is 1. The van der Waals surface area contributed by atoms with Crippen molar-refractivity contribution < 1.29 is 18.8 Å². The zero-order valence-corrected chi connectivity index (χ0v) is 19.5. The van der Waals surface area contributed by atoms with E-state index in [9.17, 15) is 24.0 Å². The molecule has 1 atom stereocenters. The van der Waals surface area contributed by atoms with E-state index >= 15 is 0 Å². The van der Waals surface area contributed by atoms with Gasteiger partial charge in [0.25, 0.3) is 11.8 Å². The summed E-state index contributed by atoms with van der Waals surface area (Å²) in [6, 6.07) is 6.08. The van der Waals surface area contributed by atoms with Crippen LogP contribution in [0.25, 0.3) is 11.2 Å². The summed E-state index contributed by atoms with van der Waals surface area (Å²) in [4.78, 5) is 53.1. The molecule has 3 N–H and O–H groups in total. The fraction of sp³-hybridized carbons (Fsp3) is 0.348. The maximum atomic E-state index is 13.2. The van der Waals surface area contributed by atoms with Gasteiger partial charge in [-0.25, -0.2) is 24.1 Å². The number of nitrogens with zero attached hydrogens (tertiary/aromatic N) is 7. The number of imidazole rings is 1. The molecule has 0 spiro atoms. The molecule has 3 heterocycles. The molecule has 4 rings (SSSR count). The number of hydrogen-bond donors (Lipinski definition) is 2. The molecule has 1 saturated heterocycles. The summed E-state index contributed by atoms with van der Waals surface area (Å²) in [6.45, 7) is 0.207. The van der Waals surface area contributed by atoms with Gasteiger partial charge in [0.05, 0.1) is 18.8 Å². The number of aryl methyl sites for hydroxylation is 1. The standard InChI is InChI=1S/C23H24FN9O3/c1-31-18(12-33-19(34)13-32(23(33)36)16-7-5-14(24)6-8-16)29-17-11-27-20(30-21(17)31)22(35)28-15(10-26)4-2-3-9-25/h5-8,11,15H,2-4,9,12-13,25H2,1H3,(H,28,35)/t15-/m0/s1. The second-order valence-corrected chi connectivity index (χ2v) is 8.25. The van der Waals surface area contributed by atoms with Gasteiger partial charge in [0.2, 0.25) is 5.82 Å². The second-order valence-electron chi connectivity index (χ2n) is 8.25. The lowest BCUT2D eigenvalue weighted by Crippen LogP contribution is -2.35. The Morgan fingerprint density at radius 3 is 2.69 bits per heavy atom. The van der Waals surface area contributed by atoms with Gasteiger partial charge in [0, 0.05) is 12.7 Å². The van der Waals surface area contributed by atoms with Crippen molar-refractivity contribution in [3.8, 4) is 6.07 Å². The van der Waals surface area contributed by atoms with Gasteiger partial charge in [-0.1, -0.05) is 0 Å². The van der Waals surface area contributed by atoms with Gasteiger partial charge in [-0.2, -0.15) is 5.26 Å². The third kappa shape index (κ3) is 4.98. The number of carbonyl (C=O) groups excluding carboxylic acids is 3. The number of fused-ring (bicyclic) bond motifs is 1. The van der Waals surface area contributed by atoms with Crippen LogP contribution < -0.4 is 16.0 Å². The van der Waals surface area contributed by atoms with Gasteiger partial charge < -0.3 is 15.6 Å². The molecule has 0 radical (unpaired) electrons. The minimum absolute atomic E-state index is 0.124. The zero-order chi connectivity index (χ0) is 25.8. The number of halogens is 1. The van der Waals surface area contributed by atoms with Crippen molar-refractivity contribution in [2.75, 3.05) is 18.0 Å². The Hall–Kier alpha value is -4.44. The smallest absolute Gasteiger partial charge is 0.332 e. The van der Waals surface area contributed by atoms with Gasteiger partial charge in [0.1, 0.15) is 29.7 Å². The van der Waals surface area contributed by atoms with E-state index in [1.165, 1.54) is 35.4 Å². The van der Waals surface area contributed by atoms with Crippen molar-refractivity contribution in [2.45, 2.75) is 31.8 Å². The Bertz CT molecular complexity index is 1350. The number of amides is 4. The molecular formula is C23H24FN9O3. The van der Waals surface area contributed by atoms with Gasteiger partial charge in [-0.05, 0) is 50.1 Å². The Morgan fingerprint density at radius 2 is 2.00 bits per heavy atom. The first-order chi connectivity index (χ1) is 17.3. The highest BCUT2D eigenvalue weighted by molar-refractivity contribution is 6.12. The van der Waals surface area contributed by atoms with Crippen molar-refractivity contribution in [1.29, 1.82) is 5.26 Å². The number of carbonyl (C=O) groups is 3. The highest BCUT2D eigenvalue weighted by Gasteiger charge is 2.37. The number of nitriles is 1. The first kappa shape index (κ1) is 24.7. The van der Waals surface area contributed by atoms with E-state index in [0.29, 0.717) is 42.1 Å². The lowest BCUT2D eigenvalue weighted by atomic mass is 10.1. The summed E-state index contributed by atoms with van der Waals surface area (Å²) in [5.74, 6) is -1.25. The Kier molecular flexibility index (Phi) is 7.16. The SMILES string of the molecule is Cn1c(CN2C(=O)CN(c3ccc(F)cc3)C2=O)nc2cnc(C(=O)N[C@H](C#N)CCCCN)nc21. The molecule has 0 aliphatic carbocycles. The van der Waals surface area contributed by atoms with Gasteiger partial charge >= 0.3 is 6.03 Å². The van der Waals surface area contributed by atoms with E-state index in [-0.39, 0.29) is 18.9 Å². The normalized spacial score (nSPS) is 14.4. The van der Waals surface area contributed by atoms with Crippen LogP contribution >= 0.6 is 0 Å². The van der Waals surface area contributed by atoms with E-state index in [2.05, 4.69) is 20.3 Å². The number of urea groups is 1. The first-order valence-corrected chi connectivity index (χ1v) is 11.3. The summed E-state index contributed by atoms with van der Waals surface area (Å²) in [5.41, 5.74) is 6.58. The lowest BCUT2D eigenvalue weighted by molar-refractivity contribution is -0.125. The minimum Gasteiger partial charge on any atom is -0.334 e. The number of imide groups is 1. The molecule has 36 heavy (non-hydrogen) atoms. The highest BCUT2D eigenvalue weighted by Crippen LogP contribution is 2.23. The van der Waals surface area contributed by atoms with Crippen molar-refractivity contribution in [3.05, 3.63) is 47.9 Å². The van der Waals surface area contributed by atoms with Crippen molar-refractivity contribution in [1.82, 2.24) is 29.7 Å². The van der Waals surface area contributed by atoms with Gasteiger partial charge in [0.15, 0.2) is 5.65 Å². The predicted octanol–water partition coefficient (Wildman–Crippen LogP) is 1.22. The van der Waals surface area contributed by atoms with Crippen LogP contribution in [0, 0.1) is 17.1 Å². The maximum absolute atomic E-state index is 13.2. The van der Waals surface area contributed by atoms with Crippen LogP contribution in [-0.2, 0) is 18.4 Å². The molecule has 1 aromatic carbocycles. The number of aromatic nitrogens is 4. The van der Waals surface area contributed by atoms with Crippen molar-refractivity contribution in [3.63, 3.8) is 0 Å². The average molecular weight is 494 g/mol. The van der Waals surface area contributed by atoms with Crippen molar-refractivity contribution >= 4 is 34.7 Å². The van der Waals surface area contributed by atoms with Gasteiger partial charge in [-0.15, -0.1) is 0 Å². The van der Waals surface area contributed by atoms with Crippen molar-refractivity contribution in [2.24, 2.45) is 12.8 Å². The third-order valence-corrected chi connectivity index (χ3v) is 5.81. The molecule has 186 valence electrons. The molecule has 3 aromatic rings. The van der Waals surface area contributed by atoms with Gasteiger partial charge in [-0.3, -0.25) is 19.4 Å². The summed E-state index contributed by atoms with van der Waals surface area (Å²) in [5, 5.41) is 11.9. The van der Waals surface area contributed by atoms with Crippen LogP contribution in [0.2, 0.25) is 0 Å². The number of benzene rings is 1. The van der Waals surface area contributed by atoms with E-state index in [1.54, 1.807) is 11.6 Å². The van der Waals surface area contributed by atoms with Crippen LogP contribution in [0.15, 0.2) is 30.5 Å². The molecule has 4 amide bonds. The van der Waals surface area contributed by atoms with E-state index in [1.807, 2.05) is 6.07 Å². The largest absolute Gasteiger partial charge is 0.334 e. The van der Waals surface area contributed by atoms with Crippen LogP contribution in [0.1, 0.15) is 35.7 Å². The lowest BCUT2D eigenvalue weighted by Gasteiger charge is -2.17. The Balaban J connectivity index is 1.50. The number of rotatable bonds is 9. The maximum Gasteiger partial charge on any atom is 0.332 e. The molecule has 1 aliphatic heterocycles. The fourth-order valence-electron chi connectivity index (χ4n) is 3.82. The average Bonchev–Trinajstić information content (AvgIpc) is 3.34. The molecule has 0 bridgehead atoms. The second kappa shape index (κ2) is 10.4. The molecular weight excluding hydrogens is 469 g/mol. The monoisotopic (exact) mass is 493 g/mol. The number of hydrogen-bond acceptors (Lipinski definition) is 8. The molecule has 0 saturated carbocycles. The third-order valence-electron chi connectivity index (χ3n) is 5.81. The summed E-state index contributed by atoms with van der Waals surface area (Å²) in [7, 11) is 1.65. The van der Waals surface area contributed by atoms with E-state index in [4.69, 9.17) is 5.73 Å². The van der Waals surface area contributed by atoms with Crippen LogP contribution in [0.4, 0.5) is 14.9 Å². The van der Waals surface area contributed by atoms with E-state index < -0.39 is 29.7 Å². The number of nitrogens with one attached hydrogen (secondary N) is 1. The molecule has 2 aromatic heterocycles. The number of anilines is 1. The Morgan fingerprint density at radius 1 is 1.25 bits per heavy atom. The Labute approximate surface area is 205 Å².